The smallest absolute Gasteiger partial charge is 0.378 e. The van der Waals surface area contributed by atoms with Crippen LogP contribution in [-0.4, -0.2) is 64.9 Å². The molecular weight excluding hydrogens is 520 g/mol. The van der Waals surface area contributed by atoms with Gasteiger partial charge in [-0.15, -0.1) is 0 Å². The first-order valence-corrected chi connectivity index (χ1v) is 11.9. The average molecular weight is 545 g/mol. The van der Waals surface area contributed by atoms with Gasteiger partial charge in [0.2, 0.25) is 5.95 Å². The SMILES string of the molecule is CN(C)c1cc(Nc2ccc(-c3cn(-c4ncc(F)c(N5CCOCC5)n4)c(=O)[nH]3)nc2)cc(C(F)(F)F)c1. The van der Waals surface area contributed by atoms with Crippen LogP contribution >= 0.6 is 0 Å². The predicted octanol–water partition coefficient (Wildman–Crippen LogP) is 3.82. The van der Waals surface area contributed by atoms with Crippen molar-refractivity contribution in [2.24, 2.45) is 0 Å². The summed E-state index contributed by atoms with van der Waals surface area (Å²) in [7, 11) is 3.31. The molecule has 0 bridgehead atoms. The van der Waals surface area contributed by atoms with E-state index in [0.29, 0.717) is 49.1 Å². The summed E-state index contributed by atoms with van der Waals surface area (Å²) in [5, 5.41) is 2.94. The first kappa shape index (κ1) is 26.2. The Morgan fingerprint density at radius 2 is 1.82 bits per heavy atom. The van der Waals surface area contributed by atoms with Gasteiger partial charge < -0.3 is 24.8 Å². The molecule has 14 heteroatoms. The van der Waals surface area contributed by atoms with Gasteiger partial charge >= 0.3 is 11.9 Å². The number of aromatic nitrogens is 5. The van der Waals surface area contributed by atoms with Crippen molar-refractivity contribution in [1.29, 1.82) is 0 Å². The zero-order valence-electron chi connectivity index (χ0n) is 21.0. The number of nitrogens with zero attached hydrogens (tertiary/aromatic N) is 6. The van der Waals surface area contributed by atoms with Gasteiger partial charge in [0, 0.05) is 44.8 Å². The summed E-state index contributed by atoms with van der Waals surface area (Å²) in [5.74, 6) is -0.531. The second-order valence-corrected chi connectivity index (χ2v) is 9.00. The van der Waals surface area contributed by atoms with Gasteiger partial charge in [-0.25, -0.2) is 18.7 Å². The normalized spacial score (nSPS) is 13.9. The van der Waals surface area contributed by atoms with Crippen molar-refractivity contribution in [2.75, 3.05) is 55.5 Å². The molecule has 0 unspecified atom stereocenters. The number of morpholine rings is 1. The van der Waals surface area contributed by atoms with Crippen molar-refractivity contribution in [3.8, 4) is 17.3 Å². The Balaban J connectivity index is 1.38. The summed E-state index contributed by atoms with van der Waals surface area (Å²) in [5.41, 5.74) is 0.490. The van der Waals surface area contributed by atoms with E-state index in [2.05, 4.69) is 25.3 Å². The number of ether oxygens (including phenoxy) is 1. The molecule has 1 saturated heterocycles. The largest absolute Gasteiger partial charge is 0.416 e. The summed E-state index contributed by atoms with van der Waals surface area (Å²) in [6.07, 6.45) is -0.600. The molecule has 0 aliphatic carbocycles. The Morgan fingerprint density at radius 1 is 1.05 bits per heavy atom. The number of imidazole rings is 1. The van der Waals surface area contributed by atoms with E-state index in [9.17, 15) is 22.4 Å². The van der Waals surface area contributed by atoms with Gasteiger partial charge in [0.25, 0.3) is 0 Å². The van der Waals surface area contributed by atoms with E-state index in [1.165, 1.54) is 12.4 Å². The van der Waals surface area contributed by atoms with Crippen LogP contribution in [0.5, 0.6) is 0 Å². The van der Waals surface area contributed by atoms with Crippen LogP contribution < -0.4 is 20.8 Å². The molecule has 2 N–H and O–H groups in total. The van der Waals surface area contributed by atoms with Gasteiger partial charge in [0.05, 0.1) is 48.2 Å². The fourth-order valence-electron chi connectivity index (χ4n) is 4.04. The molecule has 1 aliphatic heterocycles. The number of alkyl halides is 3. The molecule has 10 nitrogen and oxygen atoms in total. The number of H-pyrrole nitrogens is 1. The molecule has 5 rings (SSSR count). The number of hydrogen-bond acceptors (Lipinski definition) is 8. The summed E-state index contributed by atoms with van der Waals surface area (Å²) < 4.78 is 60.9. The highest BCUT2D eigenvalue weighted by atomic mass is 19.4. The number of halogens is 4. The molecule has 3 aromatic heterocycles. The molecule has 4 heterocycles. The third-order valence-electron chi connectivity index (χ3n) is 6.05. The van der Waals surface area contributed by atoms with E-state index < -0.39 is 23.2 Å². The van der Waals surface area contributed by atoms with Gasteiger partial charge in [-0.1, -0.05) is 0 Å². The zero-order valence-corrected chi connectivity index (χ0v) is 21.0. The molecule has 4 aromatic rings. The molecule has 0 amide bonds. The maximum Gasteiger partial charge on any atom is 0.416 e. The molecular formula is C25H24F4N8O2. The van der Waals surface area contributed by atoms with Crippen LogP contribution in [0.3, 0.4) is 0 Å². The lowest BCUT2D eigenvalue weighted by Crippen LogP contribution is -2.37. The lowest BCUT2D eigenvalue weighted by molar-refractivity contribution is -0.137. The van der Waals surface area contributed by atoms with Gasteiger partial charge in [-0.3, -0.25) is 4.98 Å². The fraction of sp³-hybridized carbons (Fsp3) is 0.280. The summed E-state index contributed by atoms with van der Waals surface area (Å²) in [6.45, 7) is 1.80. The van der Waals surface area contributed by atoms with E-state index in [-0.39, 0.29) is 17.5 Å². The molecule has 1 aliphatic rings. The second kappa shape index (κ2) is 10.4. The Kier molecular flexibility index (Phi) is 6.95. The van der Waals surface area contributed by atoms with Crippen molar-refractivity contribution in [3.63, 3.8) is 0 Å². The van der Waals surface area contributed by atoms with Crippen molar-refractivity contribution in [1.82, 2.24) is 24.5 Å². The fourth-order valence-corrected chi connectivity index (χ4v) is 4.04. The van der Waals surface area contributed by atoms with Crippen molar-refractivity contribution < 1.29 is 22.3 Å². The van der Waals surface area contributed by atoms with Crippen LogP contribution in [-0.2, 0) is 10.9 Å². The lowest BCUT2D eigenvalue weighted by Gasteiger charge is -2.28. The highest BCUT2D eigenvalue weighted by Gasteiger charge is 2.31. The van der Waals surface area contributed by atoms with Crippen LogP contribution in [0.25, 0.3) is 17.3 Å². The van der Waals surface area contributed by atoms with Crippen LogP contribution in [0.15, 0.2) is 53.7 Å². The minimum atomic E-state index is -4.50. The molecule has 204 valence electrons. The quantitative estimate of drug-likeness (QED) is 0.353. The number of nitrogens with one attached hydrogen (secondary N) is 2. The molecule has 0 spiro atoms. The first-order chi connectivity index (χ1) is 18.6. The number of benzene rings is 1. The summed E-state index contributed by atoms with van der Waals surface area (Å²) in [4.78, 5) is 31.2. The number of aromatic amines is 1. The highest BCUT2D eigenvalue weighted by molar-refractivity contribution is 5.67. The van der Waals surface area contributed by atoms with Gasteiger partial charge in [-0.2, -0.15) is 18.2 Å². The molecule has 1 fully saturated rings. The van der Waals surface area contributed by atoms with E-state index in [0.717, 1.165) is 22.9 Å². The molecule has 0 atom stereocenters. The summed E-state index contributed by atoms with van der Waals surface area (Å²) >= 11 is 0. The van der Waals surface area contributed by atoms with Crippen molar-refractivity contribution in [2.45, 2.75) is 6.18 Å². The summed E-state index contributed by atoms with van der Waals surface area (Å²) in [6, 6.07) is 6.91. The van der Waals surface area contributed by atoms with Crippen LogP contribution in [0.1, 0.15) is 5.56 Å². The Bertz CT molecular complexity index is 1530. The van der Waals surface area contributed by atoms with E-state index in [4.69, 9.17) is 4.74 Å². The van der Waals surface area contributed by atoms with Gasteiger partial charge in [0.15, 0.2) is 11.6 Å². The first-order valence-electron chi connectivity index (χ1n) is 11.9. The number of hydrogen-bond donors (Lipinski definition) is 2. The molecule has 0 saturated carbocycles. The predicted molar refractivity (Wildman–Crippen MR) is 137 cm³/mol. The monoisotopic (exact) mass is 544 g/mol. The average Bonchev–Trinajstić information content (AvgIpc) is 3.30. The van der Waals surface area contributed by atoms with Crippen LogP contribution in [0.4, 0.5) is 40.4 Å². The zero-order chi connectivity index (χ0) is 27.7. The second-order valence-electron chi connectivity index (χ2n) is 9.00. The number of rotatable bonds is 6. The Hall–Kier alpha value is -4.46. The minimum Gasteiger partial charge on any atom is -0.378 e. The van der Waals surface area contributed by atoms with E-state index >= 15 is 0 Å². The molecule has 1 aromatic carbocycles. The Morgan fingerprint density at radius 3 is 2.49 bits per heavy atom. The maximum atomic E-state index is 14.4. The van der Waals surface area contributed by atoms with E-state index in [1.807, 2.05) is 0 Å². The van der Waals surface area contributed by atoms with Gasteiger partial charge in [0.1, 0.15) is 0 Å². The topological polar surface area (TPSA) is 104 Å². The number of anilines is 4. The van der Waals surface area contributed by atoms with E-state index in [1.54, 1.807) is 42.1 Å². The maximum absolute atomic E-state index is 14.4. The van der Waals surface area contributed by atoms with Crippen LogP contribution in [0.2, 0.25) is 0 Å². The van der Waals surface area contributed by atoms with Crippen molar-refractivity contribution >= 4 is 22.9 Å². The Labute approximate surface area is 219 Å². The third-order valence-corrected chi connectivity index (χ3v) is 6.05. The minimum absolute atomic E-state index is 0.00933. The molecule has 39 heavy (non-hydrogen) atoms. The number of pyridine rings is 1. The molecule has 0 radical (unpaired) electrons. The van der Waals surface area contributed by atoms with Crippen LogP contribution in [0, 0.1) is 5.82 Å². The highest BCUT2D eigenvalue weighted by Crippen LogP contribution is 2.35. The standard InChI is InChI=1S/C25H24F4N8O2/c1-35(2)18-10-15(25(27,28)29)9-17(11-18)32-16-3-4-20(30-12-16)21-14-37(24(38)33-21)23-31-13-19(26)22(34-23)36-5-7-39-8-6-36/h3-4,9-14,32H,5-8H2,1-2H3,(H,33,38). The van der Waals surface area contributed by atoms with Gasteiger partial charge in [-0.05, 0) is 30.3 Å². The lowest BCUT2D eigenvalue weighted by atomic mass is 10.1. The third kappa shape index (κ3) is 5.70. The van der Waals surface area contributed by atoms with Crippen molar-refractivity contribution in [3.05, 3.63) is 70.8 Å².